The summed E-state index contributed by atoms with van der Waals surface area (Å²) in [5.74, 6) is 0.807. The van der Waals surface area contributed by atoms with Crippen LogP contribution < -0.4 is 5.32 Å². The molecule has 0 aromatic rings. The van der Waals surface area contributed by atoms with E-state index in [1.54, 1.807) is 0 Å². The summed E-state index contributed by atoms with van der Waals surface area (Å²) in [6.45, 7) is 5.57. The van der Waals surface area contributed by atoms with Crippen LogP contribution in [-0.4, -0.2) is 66.7 Å². The van der Waals surface area contributed by atoms with Gasteiger partial charge in [-0.1, -0.05) is 13.3 Å². The average molecular weight is 307 g/mol. The summed E-state index contributed by atoms with van der Waals surface area (Å²) in [4.78, 5) is 27.9. The first-order valence-electron chi connectivity index (χ1n) is 8.53. The number of morpholine rings is 1. The molecule has 122 valence electrons. The summed E-state index contributed by atoms with van der Waals surface area (Å²) >= 11 is 0. The number of nitrogens with zero attached hydrogens (tertiary/aromatic N) is 2. The minimum absolute atomic E-state index is 0.0395. The zero-order chi connectivity index (χ0) is 15.3. The number of carbonyl (C=O) groups excluding carboxylic acids is 2. The molecule has 3 amide bonds. The number of nitrogens with one attached hydrogen (secondary N) is 1. The summed E-state index contributed by atoms with van der Waals surface area (Å²) in [7, 11) is 0. The Morgan fingerprint density at radius 2 is 2.14 bits per heavy atom. The minimum atomic E-state index is -0.0708. The van der Waals surface area contributed by atoms with Gasteiger partial charge in [-0.05, 0) is 25.2 Å². The molecule has 4 aliphatic rings. The minimum Gasteiger partial charge on any atom is -0.366 e. The van der Waals surface area contributed by atoms with Gasteiger partial charge in [-0.25, -0.2) is 4.79 Å². The van der Waals surface area contributed by atoms with Gasteiger partial charge in [0.2, 0.25) is 5.91 Å². The van der Waals surface area contributed by atoms with Gasteiger partial charge in [0.25, 0.3) is 0 Å². The standard InChI is InChI=1S/C16H25N3O3/c1-2-11-5-16(6-11)9-19(10-16)15(21)18-4-3-13-12(7-18)17-14(20)8-22-13/h11-13H,2-10H2,1H3,(H,17,20). The second-order valence-corrected chi connectivity index (χ2v) is 7.58. The topological polar surface area (TPSA) is 61.9 Å². The van der Waals surface area contributed by atoms with Crippen molar-refractivity contribution in [2.75, 3.05) is 32.8 Å². The van der Waals surface area contributed by atoms with E-state index < -0.39 is 0 Å². The molecule has 1 aliphatic carbocycles. The fourth-order valence-electron chi connectivity index (χ4n) is 4.68. The van der Waals surface area contributed by atoms with Gasteiger partial charge in [0.1, 0.15) is 6.61 Å². The number of fused-ring (bicyclic) bond motifs is 1. The number of hydrogen-bond donors (Lipinski definition) is 1. The van der Waals surface area contributed by atoms with Gasteiger partial charge < -0.3 is 19.9 Å². The van der Waals surface area contributed by atoms with Crippen molar-refractivity contribution >= 4 is 11.9 Å². The number of ether oxygens (including phenoxy) is 1. The van der Waals surface area contributed by atoms with E-state index in [0.29, 0.717) is 12.0 Å². The fraction of sp³-hybridized carbons (Fsp3) is 0.875. The number of urea groups is 1. The van der Waals surface area contributed by atoms with Crippen molar-refractivity contribution in [1.29, 1.82) is 0 Å². The molecule has 1 saturated carbocycles. The Hall–Kier alpha value is -1.30. The maximum absolute atomic E-state index is 12.6. The van der Waals surface area contributed by atoms with Crippen LogP contribution in [0.15, 0.2) is 0 Å². The fourth-order valence-corrected chi connectivity index (χ4v) is 4.68. The van der Waals surface area contributed by atoms with Gasteiger partial charge >= 0.3 is 6.03 Å². The van der Waals surface area contributed by atoms with E-state index >= 15 is 0 Å². The van der Waals surface area contributed by atoms with Crippen LogP contribution in [0.1, 0.15) is 32.6 Å². The number of piperidine rings is 1. The number of hydrogen-bond acceptors (Lipinski definition) is 3. The van der Waals surface area contributed by atoms with Crippen molar-refractivity contribution in [2.24, 2.45) is 11.3 Å². The normalized spacial score (nSPS) is 33.8. The zero-order valence-electron chi connectivity index (χ0n) is 13.2. The quantitative estimate of drug-likeness (QED) is 0.780. The molecular weight excluding hydrogens is 282 g/mol. The van der Waals surface area contributed by atoms with Crippen LogP contribution >= 0.6 is 0 Å². The van der Waals surface area contributed by atoms with E-state index in [2.05, 4.69) is 12.2 Å². The third-order valence-electron chi connectivity index (χ3n) is 5.94. The molecule has 6 heteroatoms. The third-order valence-corrected chi connectivity index (χ3v) is 5.94. The second kappa shape index (κ2) is 5.11. The first kappa shape index (κ1) is 14.3. The van der Waals surface area contributed by atoms with Gasteiger partial charge in [0, 0.05) is 31.6 Å². The molecule has 0 bridgehead atoms. The largest absolute Gasteiger partial charge is 0.366 e. The van der Waals surface area contributed by atoms with Gasteiger partial charge in [-0.2, -0.15) is 0 Å². The Balaban J connectivity index is 1.30. The molecule has 3 heterocycles. The molecule has 0 aromatic carbocycles. The molecule has 4 fully saturated rings. The molecule has 1 spiro atoms. The Kier molecular flexibility index (Phi) is 3.33. The first-order valence-corrected chi connectivity index (χ1v) is 8.53. The van der Waals surface area contributed by atoms with Crippen LogP contribution in [0.2, 0.25) is 0 Å². The smallest absolute Gasteiger partial charge is 0.320 e. The van der Waals surface area contributed by atoms with E-state index in [0.717, 1.165) is 32.0 Å². The Morgan fingerprint density at radius 3 is 2.86 bits per heavy atom. The van der Waals surface area contributed by atoms with E-state index in [4.69, 9.17) is 4.74 Å². The van der Waals surface area contributed by atoms with Gasteiger partial charge in [-0.3, -0.25) is 4.79 Å². The summed E-state index contributed by atoms with van der Waals surface area (Å²) in [6, 6.07) is 0.103. The van der Waals surface area contributed by atoms with Crippen molar-refractivity contribution in [3.63, 3.8) is 0 Å². The maximum Gasteiger partial charge on any atom is 0.320 e. The summed E-state index contributed by atoms with van der Waals surface area (Å²) in [6.07, 6.45) is 4.74. The molecule has 1 N–H and O–H groups in total. The van der Waals surface area contributed by atoms with Crippen LogP contribution in [0.5, 0.6) is 0 Å². The predicted molar refractivity (Wildman–Crippen MR) is 80.3 cm³/mol. The van der Waals surface area contributed by atoms with Crippen LogP contribution in [0.4, 0.5) is 4.79 Å². The number of likely N-dealkylation sites (tertiary alicyclic amines) is 2. The molecule has 22 heavy (non-hydrogen) atoms. The van der Waals surface area contributed by atoms with E-state index in [9.17, 15) is 9.59 Å². The lowest BCUT2D eigenvalue weighted by atomic mass is 9.57. The highest BCUT2D eigenvalue weighted by molar-refractivity contribution is 5.79. The average Bonchev–Trinajstić information content (AvgIpc) is 2.43. The molecule has 3 saturated heterocycles. The highest BCUT2D eigenvalue weighted by Gasteiger charge is 2.53. The third kappa shape index (κ3) is 2.28. The highest BCUT2D eigenvalue weighted by atomic mass is 16.5. The van der Waals surface area contributed by atoms with Crippen LogP contribution in [0.25, 0.3) is 0 Å². The van der Waals surface area contributed by atoms with Gasteiger partial charge in [0.05, 0.1) is 12.1 Å². The Labute approximate surface area is 131 Å². The predicted octanol–water partition coefficient (Wildman–Crippen LogP) is 0.818. The lowest BCUT2D eigenvalue weighted by Gasteiger charge is -2.60. The van der Waals surface area contributed by atoms with Crippen molar-refractivity contribution in [3.8, 4) is 0 Å². The molecule has 2 atom stereocenters. The number of rotatable bonds is 1. The SMILES string of the molecule is CCC1CC2(C1)CN(C(=O)N1CCC3OCC(=O)NC3C1)C2. The van der Waals surface area contributed by atoms with E-state index in [-0.39, 0.29) is 30.7 Å². The van der Waals surface area contributed by atoms with E-state index in [1.165, 1.54) is 19.3 Å². The maximum atomic E-state index is 12.6. The van der Waals surface area contributed by atoms with E-state index in [1.807, 2.05) is 9.80 Å². The molecule has 3 aliphatic heterocycles. The van der Waals surface area contributed by atoms with Crippen molar-refractivity contribution < 1.29 is 14.3 Å². The molecule has 0 radical (unpaired) electrons. The number of amides is 3. The Bertz CT molecular complexity index is 481. The summed E-state index contributed by atoms with van der Waals surface area (Å²) in [5, 5.41) is 2.95. The molecule has 0 aromatic heterocycles. The number of carbonyl (C=O) groups is 2. The molecule has 4 rings (SSSR count). The lowest BCUT2D eigenvalue weighted by Crippen LogP contribution is -2.68. The van der Waals surface area contributed by atoms with Crippen LogP contribution in [0.3, 0.4) is 0 Å². The lowest BCUT2D eigenvalue weighted by molar-refractivity contribution is -0.140. The Morgan fingerprint density at radius 1 is 1.36 bits per heavy atom. The van der Waals surface area contributed by atoms with Gasteiger partial charge in [-0.15, -0.1) is 0 Å². The highest BCUT2D eigenvalue weighted by Crippen LogP contribution is 2.53. The van der Waals surface area contributed by atoms with Crippen molar-refractivity contribution in [1.82, 2.24) is 15.1 Å². The van der Waals surface area contributed by atoms with Crippen LogP contribution in [0, 0.1) is 11.3 Å². The molecular formula is C16H25N3O3. The summed E-state index contributed by atoms with van der Waals surface area (Å²) < 4.78 is 5.54. The van der Waals surface area contributed by atoms with Gasteiger partial charge in [0.15, 0.2) is 0 Å². The van der Waals surface area contributed by atoms with Crippen molar-refractivity contribution in [2.45, 2.75) is 44.8 Å². The molecule has 2 unspecified atom stereocenters. The van der Waals surface area contributed by atoms with Crippen LogP contribution in [-0.2, 0) is 9.53 Å². The monoisotopic (exact) mass is 307 g/mol. The first-order chi connectivity index (χ1) is 10.6. The second-order valence-electron chi connectivity index (χ2n) is 7.58. The van der Waals surface area contributed by atoms with Crippen molar-refractivity contribution in [3.05, 3.63) is 0 Å². The molecule has 6 nitrogen and oxygen atoms in total. The zero-order valence-corrected chi connectivity index (χ0v) is 13.2. The summed E-state index contributed by atoms with van der Waals surface area (Å²) in [5.41, 5.74) is 0.441.